The first-order chi connectivity index (χ1) is 33.7. The Morgan fingerprint density at radius 2 is 0.981 bits per heavy atom. The molecule has 0 aliphatic carbocycles. The van der Waals surface area contributed by atoms with Gasteiger partial charge in [0.2, 0.25) is 0 Å². The van der Waals surface area contributed by atoms with Crippen LogP contribution in [0.25, 0.3) is 16.7 Å². The molecule has 0 saturated heterocycles. The van der Waals surface area contributed by atoms with Crippen molar-refractivity contribution in [2.75, 3.05) is 0 Å². The molecule has 4 aromatic carbocycles. The number of fused-ring (bicyclic) bond motifs is 7. The summed E-state index contributed by atoms with van der Waals surface area (Å²) in [5.41, 5.74) is -8.34. The van der Waals surface area contributed by atoms with E-state index in [4.69, 9.17) is 27.4 Å². The fourth-order valence-corrected chi connectivity index (χ4v) is 6.42. The summed E-state index contributed by atoms with van der Waals surface area (Å²) < 4.78 is 223. The quantitative estimate of drug-likeness (QED) is 0.164. The van der Waals surface area contributed by atoms with Gasteiger partial charge in [-0.15, -0.1) is 0 Å². The first kappa shape index (κ1) is 16.6. The van der Waals surface area contributed by atoms with E-state index < -0.39 is 183 Å². The monoisotopic (exact) mass is 704 g/mol. The molecule has 1 atom stereocenters. The van der Waals surface area contributed by atoms with Crippen LogP contribution in [0.3, 0.4) is 0 Å². The number of nitrogens with one attached hydrogen (secondary N) is 3. The molecule has 7 aromatic rings. The zero-order valence-corrected chi connectivity index (χ0v) is 26.2. The number of aromatic amines is 3. The summed E-state index contributed by atoms with van der Waals surface area (Å²) >= 11 is 0. The van der Waals surface area contributed by atoms with Crippen LogP contribution in [0.1, 0.15) is 78.4 Å². The molecule has 9 rings (SSSR count). The molecular weight excluding hydrogens is 654 g/mol. The fraction of sp³-hybridized carbons (Fsp3) is 0.0444. The van der Waals surface area contributed by atoms with Gasteiger partial charge in [0.25, 0.3) is 0 Å². The van der Waals surface area contributed by atoms with E-state index in [0.717, 1.165) is 6.07 Å². The van der Waals surface area contributed by atoms with Crippen molar-refractivity contribution >= 4 is 22.9 Å². The fourth-order valence-electron chi connectivity index (χ4n) is 6.42. The highest BCUT2D eigenvalue weighted by Gasteiger charge is 2.44. The molecule has 8 bridgehead atoms. The first-order valence-corrected chi connectivity index (χ1v) is 15.4. The Bertz CT molecular complexity index is 3710. The molecule has 5 heterocycles. The van der Waals surface area contributed by atoms with Gasteiger partial charge in [-0.1, -0.05) is 121 Å². The number of halogens is 3. The summed E-state index contributed by atoms with van der Waals surface area (Å²) in [5, 5.41) is -0.175. The van der Waals surface area contributed by atoms with Crippen LogP contribution in [0.15, 0.2) is 179 Å². The average molecular weight is 705 g/mol. The van der Waals surface area contributed by atoms with Gasteiger partial charge in [0.15, 0.2) is 0 Å². The standard InChI is InChI=1S/C45H31F3N4/c46-45(47,48)43-32-27-49-44(43)42(31-19-11-4-12-20-31)38-26-25-37(52-38)41(30-17-9-3-10-18-30)36-24-23-35(51-36)40(29-15-7-2-8-16-29)34-22-21-33(50-34)39(32)28-13-5-1-6-14-28/h1-27,39,50-52H/b40-35-,41-36-,44-42+/t39-/m1/s1/i1D,2D,3D,4D,5D,6D,7D,8D,9D,10D,11D,12D,13D,14D,15D,16D,17D,18D,19D,20D. The van der Waals surface area contributed by atoms with Crippen molar-refractivity contribution in [3.8, 4) is 0 Å². The SMILES string of the molecule is [2H]c1c([2H])c([2H])c(/C2=c3\cc/c([nH]3)=C(\c3c([2H])c([2H])c([2H])c([2H])c3[2H])c3ccc([nH]3)[C@H](c3c([2H])c([2H])c([2H])c([2H])c3[2H])C3=C(C(F)(F)F)/C(=C(/c4c([2H])c([2H])c([2H])c([2H])c4[2H])c4ccc2[nH]4)N=C3)c([2H])c1[2H]. The molecule has 0 saturated carbocycles. The van der Waals surface area contributed by atoms with E-state index in [1.54, 1.807) is 0 Å². The van der Waals surface area contributed by atoms with Crippen molar-refractivity contribution in [2.24, 2.45) is 4.99 Å². The summed E-state index contributed by atoms with van der Waals surface area (Å²) in [6.07, 6.45) is -4.82. The van der Waals surface area contributed by atoms with Crippen molar-refractivity contribution in [3.05, 3.63) is 230 Å². The van der Waals surface area contributed by atoms with Gasteiger partial charge in [-0.25, -0.2) is 0 Å². The van der Waals surface area contributed by atoms with Gasteiger partial charge >= 0.3 is 6.18 Å². The van der Waals surface area contributed by atoms with Crippen LogP contribution in [0.4, 0.5) is 13.2 Å². The number of allylic oxidation sites excluding steroid dienone is 2. The van der Waals surface area contributed by atoms with Crippen LogP contribution < -0.4 is 10.7 Å². The van der Waals surface area contributed by atoms with Crippen LogP contribution >= 0.6 is 0 Å². The lowest BCUT2D eigenvalue weighted by molar-refractivity contribution is -0.0897. The maximum absolute atomic E-state index is 16.4. The highest BCUT2D eigenvalue weighted by atomic mass is 19.4. The van der Waals surface area contributed by atoms with Gasteiger partial charge in [0.05, 0.1) is 44.6 Å². The third kappa shape index (κ3) is 5.47. The molecule has 2 aliphatic heterocycles. The minimum absolute atomic E-state index is 0.0837. The lowest BCUT2D eigenvalue weighted by Crippen LogP contribution is -2.19. The van der Waals surface area contributed by atoms with E-state index in [1.165, 1.54) is 30.3 Å². The molecule has 7 heteroatoms. The minimum Gasteiger partial charge on any atom is -0.358 e. The zero-order valence-electron chi connectivity index (χ0n) is 46.2. The summed E-state index contributed by atoms with van der Waals surface area (Å²) in [5.74, 6) is -2.04. The Labute approximate surface area is 325 Å². The van der Waals surface area contributed by atoms with Crippen LogP contribution in [0.2, 0.25) is 0 Å². The average Bonchev–Trinajstić information content (AvgIpc) is 4.20. The molecule has 0 fully saturated rings. The van der Waals surface area contributed by atoms with Crippen molar-refractivity contribution in [3.63, 3.8) is 0 Å². The number of rotatable bonds is 4. The predicted octanol–water partition coefficient (Wildman–Crippen LogP) is 9.01. The smallest absolute Gasteiger partial charge is 0.358 e. The zero-order chi connectivity index (χ0) is 52.6. The highest BCUT2D eigenvalue weighted by Crippen LogP contribution is 2.47. The summed E-state index contributed by atoms with van der Waals surface area (Å²) in [6.45, 7) is 0. The number of benzene rings is 4. The maximum atomic E-state index is 16.4. The molecule has 0 radical (unpaired) electrons. The van der Waals surface area contributed by atoms with Gasteiger partial charge in [0.1, 0.15) is 0 Å². The molecule has 3 aromatic heterocycles. The molecule has 0 spiro atoms. The third-order valence-corrected chi connectivity index (χ3v) is 8.49. The Morgan fingerprint density at radius 1 is 0.519 bits per heavy atom. The molecule has 0 amide bonds. The number of hydrogen-bond donors (Lipinski definition) is 3. The van der Waals surface area contributed by atoms with Gasteiger partial charge in [0, 0.05) is 56.4 Å². The van der Waals surface area contributed by atoms with Gasteiger partial charge in [-0.05, 0) is 64.2 Å². The second-order valence-electron chi connectivity index (χ2n) is 11.4. The van der Waals surface area contributed by atoms with Crippen LogP contribution in [0.5, 0.6) is 0 Å². The second-order valence-corrected chi connectivity index (χ2v) is 11.4. The van der Waals surface area contributed by atoms with Crippen LogP contribution in [-0.2, 0) is 0 Å². The third-order valence-electron chi connectivity index (χ3n) is 8.49. The Kier molecular flexibility index (Phi) is 4.03. The molecule has 2 aliphatic rings. The Balaban J connectivity index is 1.58. The Hall–Kier alpha value is -6.60. The number of nitrogens with zero attached hydrogens (tertiary/aromatic N) is 1. The topological polar surface area (TPSA) is 59.7 Å². The molecule has 4 nitrogen and oxygen atoms in total. The molecule has 252 valence electrons. The van der Waals surface area contributed by atoms with E-state index in [-0.39, 0.29) is 38.9 Å². The summed E-state index contributed by atoms with van der Waals surface area (Å²) in [6, 6.07) is -9.58. The van der Waals surface area contributed by atoms with Crippen molar-refractivity contribution in [1.82, 2.24) is 15.0 Å². The first-order valence-electron chi connectivity index (χ1n) is 25.4. The van der Waals surface area contributed by atoms with Crippen molar-refractivity contribution < 1.29 is 40.6 Å². The largest absolute Gasteiger partial charge is 0.418 e. The predicted molar refractivity (Wildman–Crippen MR) is 200 cm³/mol. The number of alkyl halides is 3. The van der Waals surface area contributed by atoms with Gasteiger partial charge < -0.3 is 15.0 Å². The van der Waals surface area contributed by atoms with Crippen molar-refractivity contribution in [2.45, 2.75) is 12.1 Å². The molecular formula is C45H31F3N4. The second kappa shape index (κ2) is 12.6. The van der Waals surface area contributed by atoms with Crippen LogP contribution in [0, 0.1) is 0 Å². The Morgan fingerprint density at radius 3 is 1.52 bits per heavy atom. The van der Waals surface area contributed by atoms with Crippen LogP contribution in [-0.4, -0.2) is 27.3 Å². The lowest BCUT2D eigenvalue weighted by Gasteiger charge is -2.21. The number of aliphatic imine (C=N–C) groups is 1. The summed E-state index contributed by atoms with van der Waals surface area (Å²) in [7, 11) is 0. The van der Waals surface area contributed by atoms with E-state index in [1.807, 2.05) is 0 Å². The maximum Gasteiger partial charge on any atom is 0.418 e. The number of H-pyrrole nitrogens is 3. The summed E-state index contributed by atoms with van der Waals surface area (Å²) in [4.78, 5) is 13.1. The van der Waals surface area contributed by atoms with E-state index in [0.29, 0.717) is 6.21 Å². The highest BCUT2D eigenvalue weighted by molar-refractivity contribution is 5.96. The molecule has 0 unspecified atom stereocenters. The number of hydrogen-bond acceptors (Lipinski definition) is 1. The van der Waals surface area contributed by atoms with Gasteiger partial charge in [-0.2, -0.15) is 13.2 Å². The number of aromatic nitrogens is 3. The minimum atomic E-state index is -5.52. The van der Waals surface area contributed by atoms with E-state index in [2.05, 4.69) is 19.9 Å². The van der Waals surface area contributed by atoms with Gasteiger partial charge in [-0.3, -0.25) is 4.99 Å². The normalized spacial score (nSPS) is 24.7. The molecule has 52 heavy (non-hydrogen) atoms. The van der Waals surface area contributed by atoms with Crippen molar-refractivity contribution in [1.29, 1.82) is 0 Å². The van der Waals surface area contributed by atoms with E-state index >= 15 is 13.2 Å². The lowest BCUT2D eigenvalue weighted by atomic mass is 9.85. The molecule has 3 N–H and O–H groups in total. The van der Waals surface area contributed by atoms with E-state index in [9.17, 15) is 0 Å².